The maximum atomic E-state index is 2.32. The lowest BCUT2D eigenvalue weighted by Gasteiger charge is -2.20. The molecule has 3 aromatic carbocycles. The number of rotatable bonds is 2. The fourth-order valence-electron chi connectivity index (χ4n) is 3.45. The summed E-state index contributed by atoms with van der Waals surface area (Å²) in [5.74, 6) is 0.488. The molecule has 22 heavy (non-hydrogen) atoms. The minimum absolute atomic E-state index is 0.488. The molecule has 0 aromatic heterocycles. The third kappa shape index (κ3) is 1.93. The molecule has 4 rings (SSSR count). The van der Waals surface area contributed by atoms with Crippen LogP contribution in [0.4, 0.5) is 11.4 Å². The number of anilines is 2. The van der Waals surface area contributed by atoms with E-state index in [2.05, 4.69) is 91.7 Å². The van der Waals surface area contributed by atoms with Gasteiger partial charge in [-0.2, -0.15) is 0 Å². The summed E-state index contributed by atoms with van der Waals surface area (Å²) in [5, 5.41) is 0. The maximum Gasteiger partial charge on any atom is 0.0414 e. The lowest BCUT2D eigenvalue weighted by Crippen LogP contribution is -2.09. The molecule has 0 N–H and O–H groups in total. The SMILES string of the molecule is CC1c2ccccc2-c2cc(N(C)c3ccccc3)ccc21. The van der Waals surface area contributed by atoms with Gasteiger partial charge in [-0.15, -0.1) is 0 Å². The molecule has 1 atom stereocenters. The second kappa shape index (κ2) is 5.03. The van der Waals surface area contributed by atoms with E-state index in [-0.39, 0.29) is 0 Å². The summed E-state index contributed by atoms with van der Waals surface area (Å²) >= 11 is 0. The summed E-state index contributed by atoms with van der Waals surface area (Å²) in [6.07, 6.45) is 0. The summed E-state index contributed by atoms with van der Waals surface area (Å²) in [6.45, 7) is 2.30. The van der Waals surface area contributed by atoms with Crippen molar-refractivity contribution >= 4 is 11.4 Å². The highest BCUT2D eigenvalue weighted by Crippen LogP contribution is 2.45. The molecular formula is C21H19N. The average molecular weight is 285 g/mol. The monoisotopic (exact) mass is 285 g/mol. The molecule has 1 heteroatoms. The highest BCUT2D eigenvalue weighted by molar-refractivity contribution is 5.82. The van der Waals surface area contributed by atoms with Crippen LogP contribution in [0.15, 0.2) is 72.8 Å². The topological polar surface area (TPSA) is 3.24 Å². The van der Waals surface area contributed by atoms with Crippen molar-refractivity contribution in [1.29, 1.82) is 0 Å². The number of benzene rings is 3. The first-order valence-corrected chi connectivity index (χ1v) is 7.78. The van der Waals surface area contributed by atoms with Crippen LogP contribution in [0.3, 0.4) is 0 Å². The maximum absolute atomic E-state index is 2.32. The van der Waals surface area contributed by atoms with Crippen molar-refractivity contribution < 1.29 is 0 Å². The van der Waals surface area contributed by atoms with E-state index in [0.717, 1.165) is 0 Å². The molecule has 0 radical (unpaired) electrons. The van der Waals surface area contributed by atoms with Crippen LogP contribution >= 0.6 is 0 Å². The number of hydrogen-bond donors (Lipinski definition) is 0. The molecule has 0 saturated heterocycles. The van der Waals surface area contributed by atoms with Gasteiger partial charge in [-0.05, 0) is 46.5 Å². The van der Waals surface area contributed by atoms with Crippen molar-refractivity contribution in [1.82, 2.24) is 0 Å². The van der Waals surface area contributed by atoms with E-state index in [4.69, 9.17) is 0 Å². The Morgan fingerprint density at radius 2 is 1.36 bits per heavy atom. The van der Waals surface area contributed by atoms with Crippen LogP contribution < -0.4 is 4.90 Å². The Hall–Kier alpha value is -2.54. The lowest BCUT2D eigenvalue weighted by atomic mass is 9.99. The first kappa shape index (κ1) is 13.1. The summed E-state index contributed by atoms with van der Waals surface area (Å²) in [4.78, 5) is 2.24. The molecular weight excluding hydrogens is 266 g/mol. The molecule has 0 heterocycles. The van der Waals surface area contributed by atoms with Crippen LogP contribution in [-0.4, -0.2) is 7.05 Å². The van der Waals surface area contributed by atoms with Gasteiger partial charge in [0, 0.05) is 24.3 Å². The molecule has 0 saturated carbocycles. The fraction of sp³-hybridized carbons (Fsp3) is 0.143. The normalized spacial score (nSPS) is 15.3. The molecule has 0 aliphatic heterocycles. The Morgan fingerprint density at radius 1 is 0.682 bits per heavy atom. The van der Waals surface area contributed by atoms with Gasteiger partial charge in [0.1, 0.15) is 0 Å². The summed E-state index contributed by atoms with van der Waals surface area (Å²) in [7, 11) is 2.13. The van der Waals surface area contributed by atoms with Crippen molar-refractivity contribution in [3.63, 3.8) is 0 Å². The highest BCUT2D eigenvalue weighted by Gasteiger charge is 2.25. The smallest absolute Gasteiger partial charge is 0.0414 e. The Labute approximate surface area is 131 Å². The van der Waals surface area contributed by atoms with Crippen LogP contribution in [0, 0.1) is 0 Å². The number of para-hydroxylation sites is 1. The molecule has 0 fully saturated rings. The molecule has 0 amide bonds. The van der Waals surface area contributed by atoms with Crippen molar-refractivity contribution in [2.24, 2.45) is 0 Å². The Balaban J connectivity index is 1.81. The number of nitrogens with zero attached hydrogens (tertiary/aromatic N) is 1. The van der Waals surface area contributed by atoms with Gasteiger partial charge in [0.25, 0.3) is 0 Å². The predicted octanol–water partition coefficient (Wildman–Crippen LogP) is 5.59. The van der Waals surface area contributed by atoms with E-state index in [9.17, 15) is 0 Å². The summed E-state index contributed by atoms with van der Waals surface area (Å²) in [5.41, 5.74) is 8.08. The van der Waals surface area contributed by atoms with Gasteiger partial charge in [0.15, 0.2) is 0 Å². The molecule has 0 bridgehead atoms. The fourth-order valence-corrected chi connectivity index (χ4v) is 3.45. The van der Waals surface area contributed by atoms with Gasteiger partial charge in [0.2, 0.25) is 0 Å². The van der Waals surface area contributed by atoms with Crippen molar-refractivity contribution in [3.8, 4) is 11.1 Å². The second-order valence-electron chi connectivity index (χ2n) is 5.98. The highest BCUT2D eigenvalue weighted by atomic mass is 15.1. The van der Waals surface area contributed by atoms with Gasteiger partial charge >= 0.3 is 0 Å². The predicted molar refractivity (Wildman–Crippen MR) is 93.9 cm³/mol. The van der Waals surface area contributed by atoms with Gasteiger partial charge in [-0.3, -0.25) is 0 Å². The molecule has 1 aliphatic rings. The Kier molecular flexibility index (Phi) is 3.00. The molecule has 108 valence electrons. The molecule has 0 spiro atoms. The lowest BCUT2D eigenvalue weighted by molar-refractivity contribution is 0.956. The Bertz CT molecular complexity index is 820. The van der Waals surface area contributed by atoms with Gasteiger partial charge in [0.05, 0.1) is 0 Å². The Morgan fingerprint density at radius 3 is 2.18 bits per heavy atom. The second-order valence-corrected chi connectivity index (χ2v) is 5.98. The van der Waals surface area contributed by atoms with E-state index in [1.807, 2.05) is 0 Å². The van der Waals surface area contributed by atoms with E-state index >= 15 is 0 Å². The summed E-state index contributed by atoms with van der Waals surface area (Å²) in [6, 6.07) is 26.1. The average Bonchev–Trinajstić information content (AvgIpc) is 2.88. The minimum atomic E-state index is 0.488. The van der Waals surface area contributed by atoms with Crippen molar-refractivity contribution in [3.05, 3.63) is 83.9 Å². The third-order valence-corrected chi connectivity index (χ3v) is 4.75. The summed E-state index contributed by atoms with van der Waals surface area (Å²) < 4.78 is 0. The van der Waals surface area contributed by atoms with Crippen LogP contribution in [0.5, 0.6) is 0 Å². The number of hydrogen-bond acceptors (Lipinski definition) is 1. The standard InChI is InChI=1S/C21H19N/c1-15-18-10-6-7-11-20(18)21-14-17(12-13-19(15)21)22(2)16-8-4-3-5-9-16/h3-15H,1-2H3. The van der Waals surface area contributed by atoms with Gasteiger partial charge < -0.3 is 4.90 Å². The van der Waals surface area contributed by atoms with E-state index in [1.54, 1.807) is 0 Å². The first-order chi connectivity index (χ1) is 10.8. The molecule has 3 aromatic rings. The van der Waals surface area contributed by atoms with Crippen LogP contribution in [-0.2, 0) is 0 Å². The van der Waals surface area contributed by atoms with Crippen molar-refractivity contribution in [2.75, 3.05) is 11.9 Å². The quantitative estimate of drug-likeness (QED) is 0.593. The van der Waals surface area contributed by atoms with Crippen LogP contribution in [0.1, 0.15) is 24.0 Å². The van der Waals surface area contributed by atoms with E-state index in [0.29, 0.717) is 5.92 Å². The van der Waals surface area contributed by atoms with E-state index in [1.165, 1.54) is 33.6 Å². The molecule has 1 aliphatic carbocycles. The zero-order valence-corrected chi connectivity index (χ0v) is 13.0. The molecule has 1 nitrogen and oxygen atoms in total. The van der Waals surface area contributed by atoms with Gasteiger partial charge in [-0.1, -0.05) is 55.5 Å². The van der Waals surface area contributed by atoms with Gasteiger partial charge in [-0.25, -0.2) is 0 Å². The molecule has 1 unspecified atom stereocenters. The third-order valence-electron chi connectivity index (χ3n) is 4.75. The zero-order chi connectivity index (χ0) is 15.1. The largest absolute Gasteiger partial charge is 0.345 e. The van der Waals surface area contributed by atoms with Crippen LogP contribution in [0.2, 0.25) is 0 Å². The first-order valence-electron chi connectivity index (χ1n) is 7.78. The van der Waals surface area contributed by atoms with E-state index < -0.39 is 0 Å². The zero-order valence-electron chi connectivity index (χ0n) is 13.0. The number of fused-ring (bicyclic) bond motifs is 3. The minimum Gasteiger partial charge on any atom is -0.345 e. The van der Waals surface area contributed by atoms with Crippen LogP contribution in [0.25, 0.3) is 11.1 Å². The van der Waals surface area contributed by atoms with Crippen molar-refractivity contribution in [2.45, 2.75) is 12.8 Å².